The van der Waals surface area contributed by atoms with E-state index in [2.05, 4.69) is 78.6 Å². The van der Waals surface area contributed by atoms with E-state index in [1.807, 2.05) is 0 Å². The molecule has 1 heterocycles. The highest BCUT2D eigenvalue weighted by Gasteiger charge is 2.20. The van der Waals surface area contributed by atoms with E-state index in [-0.39, 0.29) is 24.0 Å². The zero-order chi connectivity index (χ0) is 18.8. The first-order valence-corrected chi connectivity index (χ1v) is 10.2. The van der Waals surface area contributed by atoms with Crippen LogP contribution < -0.4 is 10.6 Å². The van der Waals surface area contributed by atoms with E-state index >= 15 is 0 Å². The number of nitrogens with zero attached hydrogens (tertiary/aromatic N) is 3. The van der Waals surface area contributed by atoms with Gasteiger partial charge in [-0.25, -0.2) is 0 Å². The predicted octanol–water partition coefficient (Wildman–Crippen LogP) is 3.19. The predicted molar refractivity (Wildman–Crippen MR) is 127 cm³/mol. The molecule has 1 fully saturated rings. The zero-order valence-corrected chi connectivity index (χ0v) is 19.8. The van der Waals surface area contributed by atoms with Gasteiger partial charge in [0.05, 0.1) is 12.6 Å². The molecule has 0 aliphatic carbocycles. The van der Waals surface area contributed by atoms with Crippen LogP contribution >= 0.6 is 24.0 Å². The number of hydrogen-bond donors (Lipinski definition) is 2. The lowest BCUT2D eigenvalue weighted by atomic mass is 10.1. The largest absolute Gasteiger partial charge is 0.357 e. The quantitative estimate of drug-likeness (QED) is 0.319. The van der Waals surface area contributed by atoms with Crippen LogP contribution in [0, 0.1) is 5.92 Å². The fraction of sp³-hybridized carbons (Fsp3) is 0.667. The van der Waals surface area contributed by atoms with Crippen LogP contribution in [0.15, 0.2) is 35.3 Å². The number of benzene rings is 1. The first-order chi connectivity index (χ1) is 12.7. The fourth-order valence-corrected chi connectivity index (χ4v) is 3.72. The highest BCUT2D eigenvalue weighted by atomic mass is 127. The Hall–Kier alpha value is -0.860. The average Bonchev–Trinajstić information content (AvgIpc) is 3.09. The Kier molecular flexibility index (Phi) is 11.9. The Balaban J connectivity index is 0.00000364. The second kappa shape index (κ2) is 13.3. The van der Waals surface area contributed by atoms with Gasteiger partial charge < -0.3 is 15.5 Å². The first-order valence-electron chi connectivity index (χ1n) is 10.2. The molecule has 2 rings (SSSR count). The van der Waals surface area contributed by atoms with Gasteiger partial charge in [0, 0.05) is 19.6 Å². The van der Waals surface area contributed by atoms with Crippen molar-refractivity contribution >= 4 is 29.9 Å². The van der Waals surface area contributed by atoms with E-state index in [9.17, 15) is 0 Å². The SMILES string of the molecule is CCNC(=NCC(c1ccccc1)N(CC)CC)NCC1CCN(C)C1.I. The van der Waals surface area contributed by atoms with Gasteiger partial charge in [0.25, 0.3) is 0 Å². The van der Waals surface area contributed by atoms with Gasteiger partial charge >= 0.3 is 0 Å². The summed E-state index contributed by atoms with van der Waals surface area (Å²) < 4.78 is 0. The lowest BCUT2D eigenvalue weighted by Gasteiger charge is -2.29. The maximum atomic E-state index is 4.93. The molecule has 0 amide bonds. The number of hydrogen-bond acceptors (Lipinski definition) is 3. The van der Waals surface area contributed by atoms with Crippen molar-refractivity contribution in [1.82, 2.24) is 20.4 Å². The monoisotopic (exact) mass is 487 g/mol. The molecule has 0 saturated carbocycles. The summed E-state index contributed by atoms with van der Waals surface area (Å²) in [6, 6.07) is 11.1. The summed E-state index contributed by atoms with van der Waals surface area (Å²) in [6.45, 7) is 13.7. The Morgan fingerprint density at radius 3 is 2.44 bits per heavy atom. The summed E-state index contributed by atoms with van der Waals surface area (Å²) in [6.07, 6.45) is 1.27. The van der Waals surface area contributed by atoms with E-state index in [1.165, 1.54) is 25.1 Å². The molecule has 154 valence electrons. The summed E-state index contributed by atoms with van der Waals surface area (Å²) >= 11 is 0. The summed E-state index contributed by atoms with van der Waals surface area (Å²) in [5.41, 5.74) is 1.34. The number of nitrogens with one attached hydrogen (secondary N) is 2. The normalized spacial score (nSPS) is 19.0. The second-order valence-corrected chi connectivity index (χ2v) is 7.17. The Morgan fingerprint density at radius 1 is 1.19 bits per heavy atom. The lowest BCUT2D eigenvalue weighted by Crippen LogP contribution is -2.41. The Labute approximate surface area is 183 Å². The van der Waals surface area contributed by atoms with Crippen LogP contribution in [0.2, 0.25) is 0 Å². The molecule has 1 aliphatic rings. The Bertz CT molecular complexity index is 533. The van der Waals surface area contributed by atoms with Gasteiger partial charge in [-0.1, -0.05) is 44.2 Å². The number of halogens is 1. The van der Waals surface area contributed by atoms with Gasteiger partial charge in [-0.05, 0) is 51.5 Å². The van der Waals surface area contributed by atoms with E-state index in [4.69, 9.17) is 4.99 Å². The van der Waals surface area contributed by atoms with Crippen molar-refractivity contribution in [3.63, 3.8) is 0 Å². The third kappa shape index (κ3) is 7.95. The van der Waals surface area contributed by atoms with Crippen molar-refractivity contribution in [2.45, 2.75) is 33.2 Å². The smallest absolute Gasteiger partial charge is 0.191 e. The molecule has 1 aliphatic heterocycles. The van der Waals surface area contributed by atoms with Crippen molar-refractivity contribution in [1.29, 1.82) is 0 Å². The lowest BCUT2D eigenvalue weighted by molar-refractivity contribution is 0.224. The summed E-state index contributed by atoms with van der Waals surface area (Å²) in [7, 11) is 2.20. The standard InChI is InChI=1S/C21H37N5.HI/c1-5-22-21(23-15-18-13-14-25(4)17-18)24-16-20(26(6-2)7-3)19-11-9-8-10-12-19;/h8-12,18,20H,5-7,13-17H2,1-4H3,(H2,22,23,24);1H. The average molecular weight is 487 g/mol. The van der Waals surface area contributed by atoms with Crippen LogP contribution in [0.25, 0.3) is 0 Å². The second-order valence-electron chi connectivity index (χ2n) is 7.17. The van der Waals surface area contributed by atoms with E-state index in [1.54, 1.807) is 0 Å². The van der Waals surface area contributed by atoms with E-state index in [0.29, 0.717) is 6.04 Å². The molecule has 1 aromatic carbocycles. The number of aliphatic imine (C=N–C) groups is 1. The number of likely N-dealkylation sites (N-methyl/N-ethyl adjacent to an activating group) is 1. The van der Waals surface area contributed by atoms with Crippen LogP contribution in [-0.2, 0) is 0 Å². The van der Waals surface area contributed by atoms with Crippen molar-refractivity contribution in [2.24, 2.45) is 10.9 Å². The molecule has 0 bridgehead atoms. The van der Waals surface area contributed by atoms with Gasteiger partial charge in [-0.2, -0.15) is 0 Å². The van der Waals surface area contributed by atoms with E-state index in [0.717, 1.165) is 44.6 Å². The third-order valence-corrected chi connectivity index (χ3v) is 5.25. The summed E-state index contributed by atoms with van der Waals surface area (Å²) in [5.74, 6) is 1.66. The van der Waals surface area contributed by atoms with Crippen molar-refractivity contribution in [3.8, 4) is 0 Å². The molecule has 0 spiro atoms. The number of guanidine groups is 1. The summed E-state index contributed by atoms with van der Waals surface area (Å²) in [4.78, 5) is 9.81. The highest BCUT2D eigenvalue weighted by Crippen LogP contribution is 2.20. The van der Waals surface area contributed by atoms with Crippen molar-refractivity contribution in [3.05, 3.63) is 35.9 Å². The van der Waals surface area contributed by atoms with Crippen LogP contribution in [0.4, 0.5) is 0 Å². The molecule has 0 aromatic heterocycles. The highest BCUT2D eigenvalue weighted by molar-refractivity contribution is 14.0. The maximum absolute atomic E-state index is 4.93. The summed E-state index contributed by atoms with van der Waals surface area (Å²) in [5, 5.41) is 6.96. The molecule has 2 N–H and O–H groups in total. The topological polar surface area (TPSA) is 42.9 Å². The van der Waals surface area contributed by atoms with Crippen LogP contribution in [0.5, 0.6) is 0 Å². The van der Waals surface area contributed by atoms with Gasteiger partial charge in [0.2, 0.25) is 0 Å². The number of likely N-dealkylation sites (tertiary alicyclic amines) is 1. The van der Waals surface area contributed by atoms with Crippen LogP contribution in [0.1, 0.15) is 38.8 Å². The molecule has 2 unspecified atom stereocenters. The molecular weight excluding hydrogens is 449 g/mol. The van der Waals surface area contributed by atoms with Crippen molar-refractivity contribution < 1.29 is 0 Å². The van der Waals surface area contributed by atoms with Gasteiger partial charge in [-0.15, -0.1) is 24.0 Å². The Morgan fingerprint density at radius 2 is 1.89 bits per heavy atom. The van der Waals surface area contributed by atoms with Crippen molar-refractivity contribution in [2.75, 3.05) is 52.9 Å². The minimum absolute atomic E-state index is 0. The molecule has 0 radical (unpaired) electrons. The maximum Gasteiger partial charge on any atom is 0.191 e. The van der Waals surface area contributed by atoms with Crippen LogP contribution in [0.3, 0.4) is 0 Å². The molecule has 2 atom stereocenters. The molecule has 6 heteroatoms. The zero-order valence-electron chi connectivity index (χ0n) is 17.4. The minimum atomic E-state index is 0. The van der Waals surface area contributed by atoms with Gasteiger partial charge in [0.15, 0.2) is 5.96 Å². The van der Waals surface area contributed by atoms with Crippen LogP contribution in [-0.4, -0.2) is 68.6 Å². The van der Waals surface area contributed by atoms with Gasteiger partial charge in [0.1, 0.15) is 0 Å². The molecular formula is C21H38IN5. The molecule has 27 heavy (non-hydrogen) atoms. The molecule has 5 nitrogen and oxygen atoms in total. The van der Waals surface area contributed by atoms with E-state index < -0.39 is 0 Å². The fourth-order valence-electron chi connectivity index (χ4n) is 3.72. The van der Waals surface area contributed by atoms with Gasteiger partial charge in [-0.3, -0.25) is 9.89 Å². The number of rotatable bonds is 9. The molecule has 1 aromatic rings. The third-order valence-electron chi connectivity index (χ3n) is 5.25. The first kappa shape index (κ1) is 24.2. The minimum Gasteiger partial charge on any atom is -0.357 e. The molecule has 1 saturated heterocycles.